The van der Waals surface area contributed by atoms with E-state index in [4.69, 9.17) is 4.74 Å². The Morgan fingerprint density at radius 3 is 2.46 bits per heavy atom. The molecule has 3 rings (SSSR count). The van der Waals surface area contributed by atoms with E-state index in [2.05, 4.69) is 10.4 Å². The third-order valence-corrected chi connectivity index (χ3v) is 3.97. The maximum Gasteiger partial charge on any atom is 0.412 e. The van der Waals surface area contributed by atoms with Crippen molar-refractivity contribution in [2.75, 3.05) is 5.32 Å². The number of aryl methyl sites for hydroxylation is 1. The molecular weight excluding hydrogens is 306 g/mol. The third kappa shape index (κ3) is 3.43. The lowest BCUT2D eigenvalue weighted by Crippen LogP contribution is -2.27. The van der Waals surface area contributed by atoms with Crippen LogP contribution < -0.4 is 5.32 Å². The van der Waals surface area contributed by atoms with Gasteiger partial charge in [0.2, 0.25) is 0 Å². The van der Waals surface area contributed by atoms with E-state index in [-0.39, 0.29) is 0 Å². The summed E-state index contributed by atoms with van der Waals surface area (Å²) < 4.78 is 7.00. The number of aromatic nitrogens is 2. The summed E-state index contributed by atoms with van der Waals surface area (Å²) in [5.74, 6) is 0. The highest BCUT2D eigenvalue weighted by Gasteiger charge is 2.45. The van der Waals surface area contributed by atoms with Gasteiger partial charge in [0.05, 0.1) is 17.5 Å². The molecule has 6 heteroatoms. The Bertz CT molecular complexity index is 753. The molecule has 0 aliphatic heterocycles. The quantitative estimate of drug-likeness (QED) is 0.904. The number of nitrogens with one attached hydrogen (secondary N) is 1. The summed E-state index contributed by atoms with van der Waals surface area (Å²) >= 11 is 0. The molecule has 1 aromatic carbocycles. The fraction of sp³-hybridized carbons (Fsp3) is 0.444. The summed E-state index contributed by atoms with van der Waals surface area (Å²) in [5.41, 5.74) is 2.09. The summed E-state index contributed by atoms with van der Waals surface area (Å²) in [6.45, 7) is 5.46. The van der Waals surface area contributed by atoms with Gasteiger partial charge in [-0.2, -0.15) is 5.10 Å². The molecule has 6 nitrogen and oxygen atoms in total. The third-order valence-electron chi connectivity index (χ3n) is 3.97. The van der Waals surface area contributed by atoms with Crippen molar-refractivity contribution in [2.45, 2.75) is 44.8 Å². The molecule has 1 aromatic heterocycles. The number of benzene rings is 1. The van der Waals surface area contributed by atoms with Gasteiger partial charge < -0.3 is 9.84 Å². The van der Waals surface area contributed by atoms with Crippen LogP contribution in [0.25, 0.3) is 11.3 Å². The van der Waals surface area contributed by atoms with E-state index in [1.807, 2.05) is 52.1 Å². The first-order valence-electron chi connectivity index (χ1n) is 8.03. The molecule has 2 N–H and O–H groups in total. The molecule has 0 radical (unpaired) electrons. The Hall–Kier alpha value is -2.34. The number of hydrogen-bond donors (Lipinski definition) is 2. The standard InChI is InChI=1S/C18H23N3O3/c1-17(2,3)24-16(22)20-13-7-5-12(6-8-13)15-14(11-19-21(15)4)18(23)9-10-18/h5-8,11,23H,9-10H2,1-4H3,(H,20,22). The molecule has 0 saturated heterocycles. The summed E-state index contributed by atoms with van der Waals surface area (Å²) in [5, 5.41) is 17.4. The van der Waals surface area contributed by atoms with E-state index < -0.39 is 17.3 Å². The maximum atomic E-state index is 11.8. The summed E-state index contributed by atoms with van der Waals surface area (Å²) in [7, 11) is 1.86. The fourth-order valence-electron chi connectivity index (χ4n) is 2.64. The van der Waals surface area contributed by atoms with Gasteiger partial charge in [-0.05, 0) is 45.7 Å². The van der Waals surface area contributed by atoms with Crippen molar-refractivity contribution < 1.29 is 14.6 Å². The van der Waals surface area contributed by atoms with Crippen molar-refractivity contribution in [3.63, 3.8) is 0 Å². The first-order valence-corrected chi connectivity index (χ1v) is 8.03. The molecule has 0 bridgehead atoms. The highest BCUT2D eigenvalue weighted by Crippen LogP contribution is 2.48. The highest BCUT2D eigenvalue weighted by atomic mass is 16.6. The number of ether oxygens (including phenoxy) is 1. The molecule has 0 unspecified atom stereocenters. The Kier molecular flexibility index (Phi) is 3.87. The van der Waals surface area contributed by atoms with Crippen LogP contribution in [-0.4, -0.2) is 26.6 Å². The van der Waals surface area contributed by atoms with Crippen LogP contribution in [0.3, 0.4) is 0 Å². The fourth-order valence-corrected chi connectivity index (χ4v) is 2.64. The second kappa shape index (κ2) is 5.63. The average Bonchev–Trinajstić information content (AvgIpc) is 3.08. The zero-order chi connectivity index (χ0) is 17.5. The van der Waals surface area contributed by atoms with Gasteiger partial charge in [-0.15, -0.1) is 0 Å². The first-order chi connectivity index (χ1) is 11.2. The Morgan fingerprint density at radius 1 is 1.29 bits per heavy atom. The van der Waals surface area contributed by atoms with E-state index in [0.29, 0.717) is 5.69 Å². The highest BCUT2D eigenvalue weighted by molar-refractivity contribution is 5.85. The number of hydrogen-bond acceptors (Lipinski definition) is 4. The molecule has 1 heterocycles. The maximum absolute atomic E-state index is 11.8. The second-order valence-electron chi connectivity index (χ2n) is 7.27. The smallest absolute Gasteiger partial charge is 0.412 e. The zero-order valence-electron chi connectivity index (χ0n) is 14.5. The van der Waals surface area contributed by atoms with Crippen LogP contribution in [0.5, 0.6) is 0 Å². The normalized spacial score (nSPS) is 15.9. The molecule has 24 heavy (non-hydrogen) atoms. The van der Waals surface area contributed by atoms with E-state index in [0.717, 1.165) is 29.7 Å². The molecule has 0 spiro atoms. The minimum absolute atomic E-state index is 0.483. The van der Waals surface area contributed by atoms with Gasteiger partial charge in [-0.3, -0.25) is 10.00 Å². The predicted molar refractivity (Wildman–Crippen MR) is 91.6 cm³/mol. The topological polar surface area (TPSA) is 76.4 Å². The van der Waals surface area contributed by atoms with Gasteiger partial charge in [0, 0.05) is 23.9 Å². The lowest BCUT2D eigenvalue weighted by Gasteiger charge is -2.19. The van der Waals surface area contributed by atoms with E-state index in [1.54, 1.807) is 10.9 Å². The van der Waals surface area contributed by atoms with Gasteiger partial charge in [0.25, 0.3) is 0 Å². The van der Waals surface area contributed by atoms with Crippen molar-refractivity contribution in [3.05, 3.63) is 36.0 Å². The number of aliphatic hydroxyl groups is 1. The monoisotopic (exact) mass is 329 g/mol. The number of rotatable bonds is 3. The number of carbonyl (C=O) groups excluding carboxylic acids is 1. The second-order valence-corrected chi connectivity index (χ2v) is 7.27. The summed E-state index contributed by atoms with van der Waals surface area (Å²) in [6.07, 6.45) is 2.78. The first kappa shape index (κ1) is 16.5. The Labute approximate surface area is 141 Å². The van der Waals surface area contributed by atoms with Crippen LogP contribution in [0.1, 0.15) is 39.2 Å². The van der Waals surface area contributed by atoms with Gasteiger partial charge in [0.15, 0.2) is 0 Å². The number of carbonyl (C=O) groups is 1. The van der Waals surface area contributed by atoms with Crippen LogP contribution in [0, 0.1) is 0 Å². The predicted octanol–water partition coefficient (Wildman–Crippen LogP) is 3.42. The zero-order valence-corrected chi connectivity index (χ0v) is 14.5. The van der Waals surface area contributed by atoms with Crippen molar-refractivity contribution in [3.8, 4) is 11.3 Å². The van der Waals surface area contributed by atoms with Crippen molar-refractivity contribution in [1.29, 1.82) is 0 Å². The minimum atomic E-state index is -0.739. The van der Waals surface area contributed by atoms with Crippen molar-refractivity contribution >= 4 is 11.8 Å². The molecular formula is C18H23N3O3. The van der Waals surface area contributed by atoms with E-state index in [9.17, 15) is 9.90 Å². The summed E-state index contributed by atoms with van der Waals surface area (Å²) in [4.78, 5) is 11.8. The van der Waals surface area contributed by atoms with Crippen LogP contribution in [0.2, 0.25) is 0 Å². The number of anilines is 1. The lowest BCUT2D eigenvalue weighted by molar-refractivity contribution is 0.0636. The molecule has 1 aliphatic rings. The van der Waals surface area contributed by atoms with E-state index >= 15 is 0 Å². The van der Waals surface area contributed by atoms with Crippen LogP contribution in [-0.2, 0) is 17.4 Å². The molecule has 1 amide bonds. The van der Waals surface area contributed by atoms with Gasteiger partial charge in [0.1, 0.15) is 5.60 Å². The Balaban J connectivity index is 1.79. The minimum Gasteiger partial charge on any atom is -0.444 e. The van der Waals surface area contributed by atoms with Crippen molar-refractivity contribution in [1.82, 2.24) is 9.78 Å². The van der Waals surface area contributed by atoms with Gasteiger partial charge in [-0.25, -0.2) is 4.79 Å². The summed E-state index contributed by atoms with van der Waals surface area (Å²) in [6, 6.07) is 7.43. The molecule has 1 aliphatic carbocycles. The molecule has 1 saturated carbocycles. The molecule has 2 aromatic rings. The van der Waals surface area contributed by atoms with Gasteiger partial charge >= 0.3 is 6.09 Å². The average molecular weight is 329 g/mol. The van der Waals surface area contributed by atoms with E-state index in [1.165, 1.54) is 0 Å². The molecule has 1 fully saturated rings. The SMILES string of the molecule is Cn1ncc(C2(O)CC2)c1-c1ccc(NC(=O)OC(C)(C)C)cc1. The lowest BCUT2D eigenvalue weighted by atomic mass is 10.0. The molecule has 0 atom stereocenters. The van der Waals surface area contributed by atoms with Crippen LogP contribution >= 0.6 is 0 Å². The van der Waals surface area contributed by atoms with Gasteiger partial charge in [-0.1, -0.05) is 12.1 Å². The Morgan fingerprint density at radius 2 is 1.92 bits per heavy atom. The largest absolute Gasteiger partial charge is 0.444 e. The number of nitrogens with zero attached hydrogens (tertiary/aromatic N) is 2. The molecule has 128 valence electrons. The van der Waals surface area contributed by atoms with Crippen LogP contribution in [0.4, 0.5) is 10.5 Å². The number of amides is 1. The van der Waals surface area contributed by atoms with Crippen molar-refractivity contribution in [2.24, 2.45) is 7.05 Å². The van der Waals surface area contributed by atoms with Crippen LogP contribution in [0.15, 0.2) is 30.5 Å².